The summed E-state index contributed by atoms with van der Waals surface area (Å²) >= 11 is 4.88. The third-order valence-electron chi connectivity index (χ3n) is 1.10. The number of thioether (sulfide) groups is 1. The van der Waals surface area contributed by atoms with Crippen LogP contribution in [-0.2, 0) is 0 Å². The van der Waals surface area contributed by atoms with Gasteiger partial charge in [0, 0.05) is 6.07 Å². The molecule has 1 nitrogen and oxygen atoms in total. The molecule has 0 aliphatic rings. The van der Waals surface area contributed by atoms with E-state index in [9.17, 15) is 0 Å². The molecule has 1 rings (SSSR count). The minimum atomic E-state index is 0.756. The van der Waals surface area contributed by atoms with Crippen molar-refractivity contribution in [3.8, 4) is 0 Å². The van der Waals surface area contributed by atoms with Gasteiger partial charge in [-0.2, -0.15) is 0 Å². The van der Waals surface area contributed by atoms with E-state index >= 15 is 0 Å². The Bertz CT molecular complexity index is 242. The van der Waals surface area contributed by atoms with Crippen LogP contribution in [0.5, 0.6) is 0 Å². The Balaban J connectivity index is 3.08. The molecule has 54 valence electrons. The van der Waals surface area contributed by atoms with Gasteiger partial charge in [-0.25, -0.2) is 0 Å². The number of hydrogen-bond acceptors (Lipinski definition) is 2. The van der Waals surface area contributed by atoms with E-state index in [0.29, 0.717) is 0 Å². The lowest BCUT2D eigenvalue weighted by molar-refractivity contribution is 0.526. The zero-order chi connectivity index (χ0) is 7.56. The molecule has 1 aromatic rings. The monoisotopic (exact) mass is 218 g/mol. The van der Waals surface area contributed by atoms with Gasteiger partial charge in [-0.3, -0.25) is 0 Å². The molecule has 0 saturated carbocycles. The zero-order valence-corrected chi connectivity index (χ0v) is 7.96. The van der Waals surface area contributed by atoms with Gasteiger partial charge in [0.25, 0.3) is 0 Å². The van der Waals surface area contributed by atoms with Crippen LogP contribution in [0.2, 0.25) is 0 Å². The van der Waals surface area contributed by atoms with Crippen molar-refractivity contribution in [1.82, 2.24) is 0 Å². The molecular weight excluding hydrogens is 212 g/mol. The van der Waals surface area contributed by atoms with Gasteiger partial charge in [-0.15, -0.1) is 11.8 Å². The van der Waals surface area contributed by atoms with Crippen LogP contribution in [0.1, 0.15) is 5.76 Å². The molecule has 0 fully saturated rings. The van der Waals surface area contributed by atoms with E-state index < -0.39 is 0 Å². The Labute approximate surface area is 72.6 Å². The van der Waals surface area contributed by atoms with Crippen molar-refractivity contribution in [2.75, 3.05) is 6.26 Å². The normalized spacial score (nSPS) is 9.80. The zero-order valence-electron chi connectivity index (χ0n) is 5.56. The fourth-order valence-corrected chi connectivity index (χ4v) is 1.77. The van der Waals surface area contributed by atoms with E-state index in [0.717, 1.165) is 15.3 Å². The van der Waals surface area contributed by atoms with Crippen molar-refractivity contribution in [3.05, 3.63) is 23.1 Å². The van der Waals surface area contributed by atoms with Crippen molar-refractivity contribution in [2.45, 2.75) is 4.90 Å². The second-order valence-electron chi connectivity index (χ2n) is 1.69. The number of furan rings is 1. The Morgan fingerprint density at radius 3 is 2.90 bits per heavy atom. The van der Waals surface area contributed by atoms with Crippen molar-refractivity contribution in [2.24, 2.45) is 0 Å². The van der Waals surface area contributed by atoms with Gasteiger partial charge in [0.05, 0.1) is 4.90 Å². The van der Waals surface area contributed by atoms with E-state index in [1.54, 1.807) is 17.8 Å². The van der Waals surface area contributed by atoms with E-state index in [4.69, 9.17) is 4.42 Å². The quantitative estimate of drug-likeness (QED) is 0.707. The van der Waals surface area contributed by atoms with E-state index in [1.807, 2.05) is 12.3 Å². The number of hydrogen-bond donors (Lipinski definition) is 0. The van der Waals surface area contributed by atoms with Crippen LogP contribution >= 0.6 is 27.7 Å². The van der Waals surface area contributed by atoms with E-state index in [2.05, 4.69) is 22.5 Å². The van der Waals surface area contributed by atoms with Crippen molar-refractivity contribution >= 4 is 33.8 Å². The molecule has 3 heteroatoms. The van der Waals surface area contributed by atoms with E-state index in [1.165, 1.54) is 0 Å². The molecule has 0 bridgehead atoms. The highest BCUT2D eigenvalue weighted by atomic mass is 79.9. The molecule has 0 unspecified atom stereocenters. The molecule has 1 aromatic heterocycles. The average molecular weight is 219 g/mol. The molecule has 0 atom stereocenters. The smallest absolute Gasteiger partial charge is 0.171 e. The first-order valence-electron chi connectivity index (χ1n) is 2.73. The highest BCUT2D eigenvalue weighted by Crippen LogP contribution is 2.28. The first-order chi connectivity index (χ1) is 4.77. The highest BCUT2D eigenvalue weighted by Gasteiger charge is 2.03. The summed E-state index contributed by atoms with van der Waals surface area (Å²) in [5, 5.41) is 0. The molecule has 1 heterocycles. The second kappa shape index (κ2) is 3.30. The first kappa shape index (κ1) is 7.95. The van der Waals surface area contributed by atoms with Crippen molar-refractivity contribution in [3.63, 3.8) is 0 Å². The van der Waals surface area contributed by atoms with Crippen molar-refractivity contribution in [1.29, 1.82) is 0 Å². The highest BCUT2D eigenvalue weighted by molar-refractivity contribution is 9.10. The van der Waals surface area contributed by atoms with Gasteiger partial charge in [0.1, 0.15) is 5.76 Å². The fraction of sp³-hybridized carbons (Fsp3) is 0.143. The lowest BCUT2D eigenvalue weighted by atomic mass is 10.4. The Kier molecular flexibility index (Phi) is 2.63. The minimum absolute atomic E-state index is 0.756. The fourth-order valence-electron chi connectivity index (χ4n) is 0.661. The van der Waals surface area contributed by atoms with Crippen molar-refractivity contribution < 1.29 is 4.42 Å². The molecule has 0 aliphatic carbocycles. The summed E-state index contributed by atoms with van der Waals surface area (Å²) in [4.78, 5) is 1.11. The molecule has 0 spiro atoms. The molecule has 10 heavy (non-hydrogen) atoms. The summed E-state index contributed by atoms with van der Waals surface area (Å²) in [6.07, 6.45) is 3.71. The molecule has 0 N–H and O–H groups in total. The summed E-state index contributed by atoms with van der Waals surface area (Å²) < 4.78 is 5.99. The van der Waals surface area contributed by atoms with Crippen LogP contribution in [0.15, 0.2) is 26.6 Å². The van der Waals surface area contributed by atoms with Gasteiger partial charge in [-0.1, -0.05) is 6.58 Å². The Morgan fingerprint density at radius 1 is 1.80 bits per heavy atom. The predicted molar refractivity (Wildman–Crippen MR) is 48.3 cm³/mol. The third-order valence-corrected chi connectivity index (χ3v) is 2.25. The van der Waals surface area contributed by atoms with Gasteiger partial charge in [-0.05, 0) is 28.3 Å². The second-order valence-corrected chi connectivity index (χ2v) is 3.32. The van der Waals surface area contributed by atoms with Gasteiger partial charge >= 0.3 is 0 Å². The molecule has 0 amide bonds. The molecule has 0 radical (unpaired) electrons. The largest absolute Gasteiger partial charge is 0.449 e. The summed E-state index contributed by atoms with van der Waals surface area (Å²) in [6, 6.07) is 1.93. The maximum atomic E-state index is 5.23. The number of halogens is 1. The lowest BCUT2D eigenvalue weighted by Crippen LogP contribution is -1.64. The predicted octanol–water partition coefficient (Wildman–Crippen LogP) is 3.41. The maximum Gasteiger partial charge on any atom is 0.171 e. The van der Waals surface area contributed by atoms with Crippen LogP contribution in [0.3, 0.4) is 0 Å². The third kappa shape index (κ3) is 1.47. The van der Waals surface area contributed by atoms with Gasteiger partial charge in [0.2, 0.25) is 0 Å². The minimum Gasteiger partial charge on any atom is -0.449 e. The van der Waals surface area contributed by atoms with Crippen LogP contribution < -0.4 is 0 Å². The van der Waals surface area contributed by atoms with Crippen LogP contribution in [0.4, 0.5) is 0 Å². The summed E-state index contributed by atoms with van der Waals surface area (Å²) in [6.45, 7) is 3.62. The lowest BCUT2D eigenvalue weighted by Gasteiger charge is -1.87. The SMILES string of the molecule is C=Cc1oc(Br)cc1SC. The van der Waals surface area contributed by atoms with Gasteiger partial charge in [0.15, 0.2) is 4.67 Å². The molecule has 0 aromatic carbocycles. The average Bonchev–Trinajstić information content (AvgIpc) is 2.30. The van der Waals surface area contributed by atoms with Crippen LogP contribution in [0, 0.1) is 0 Å². The van der Waals surface area contributed by atoms with Crippen LogP contribution in [0.25, 0.3) is 6.08 Å². The summed E-state index contributed by atoms with van der Waals surface area (Å²) in [7, 11) is 0. The summed E-state index contributed by atoms with van der Waals surface area (Å²) in [5.74, 6) is 0.833. The molecule has 0 aliphatic heterocycles. The molecular formula is C7H7BrOS. The number of rotatable bonds is 2. The standard InChI is InChI=1S/C7H7BrOS/c1-3-5-6(10-2)4-7(8)9-5/h3-4H,1H2,2H3. The summed E-state index contributed by atoms with van der Waals surface area (Å²) in [5.41, 5.74) is 0. The first-order valence-corrected chi connectivity index (χ1v) is 4.75. The Morgan fingerprint density at radius 2 is 2.50 bits per heavy atom. The topological polar surface area (TPSA) is 13.1 Å². The van der Waals surface area contributed by atoms with E-state index in [-0.39, 0.29) is 0 Å². The molecule has 0 saturated heterocycles. The Hall–Kier alpha value is -0.150. The van der Waals surface area contributed by atoms with Crippen LogP contribution in [-0.4, -0.2) is 6.26 Å². The maximum absolute atomic E-state index is 5.23. The van der Waals surface area contributed by atoms with Gasteiger partial charge < -0.3 is 4.42 Å².